The fraction of sp³-hybridized carbons (Fsp3) is 0.488. The number of aryl methyl sites for hydroxylation is 3. The molecule has 554 valence electrons. The van der Waals surface area contributed by atoms with Gasteiger partial charge in [-0.15, -0.1) is 0 Å². The van der Waals surface area contributed by atoms with Crippen molar-refractivity contribution in [1.29, 1.82) is 0 Å². The van der Waals surface area contributed by atoms with Gasteiger partial charge in [-0.05, 0) is 192 Å². The van der Waals surface area contributed by atoms with Gasteiger partial charge in [0, 0.05) is 101 Å². The van der Waals surface area contributed by atoms with Crippen LogP contribution in [0.4, 0.5) is 43.2 Å². The third-order valence-corrected chi connectivity index (χ3v) is 24.8. The molecular weight excluding hydrogens is 1320 g/mol. The second-order valence-corrected chi connectivity index (χ2v) is 31.3. The molecule has 23 nitrogen and oxygen atoms in total. The Labute approximate surface area is 619 Å². The van der Waals surface area contributed by atoms with E-state index in [9.17, 15) is 24.0 Å². The molecular formula is C82H106N18O5. The Morgan fingerprint density at radius 1 is 0.419 bits per heavy atom. The molecule has 4 aromatic heterocycles. The summed E-state index contributed by atoms with van der Waals surface area (Å²) >= 11 is 0. The van der Waals surface area contributed by atoms with Crippen molar-refractivity contribution in [1.82, 2.24) is 65.4 Å². The van der Waals surface area contributed by atoms with Crippen molar-refractivity contribution < 1.29 is 24.0 Å². The van der Waals surface area contributed by atoms with Gasteiger partial charge in [0.1, 0.15) is 5.82 Å². The minimum atomic E-state index is -0.237. The molecule has 8 aliphatic rings. The maximum atomic E-state index is 13.2. The maximum Gasteiger partial charge on any atom is 0.322 e. The first-order valence-corrected chi connectivity index (χ1v) is 37.5. The number of urea groups is 3. The number of aromatic nitrogens is 5. The van der Waals surface area contributed by atoms with E-state index in [2.05, 4.69) is 208 Å². The van der Waals surface area contributed by atoms with Gasteiger partial charge in [-0.3, -0.25) is 49.0 Å². The van der Waals surface area contributed by atoms with E-state index in [1.807, 2.05) is 62.9 Å². The van der Waals surface area contributed by atoms with Crippen LogP contribution in [-0.2, 0) is 26.2 Å². The number of anilines is 5. The lowest BCUT2D eigenvalue weighted by molar-refractivity contribution is -0.129. The summed E-state index contributed by atoms with van der Waals surface area (Å²) in [5.74, 6) is 1.79. The quantitative estimate of drug-likeness (QED) is 0.104. The number of pyridine rings is 3. The van der Waals surface area contributed by atoms with E-state index < -0.39 is 0 Å². The molecule has 8 amide bonds. The highest BCUT2D eigenvalue weighted by Crippen LogP contribution is 2.50. The lowest BCUT2D eigenvalue weighted by Gasteiger charge is -2.48. The number of nitrogens with one attached hydrogen (secondary N) is 3. The summed E-state index contributed by atoms with van der Waals surface area (Å²) in [6.07, 6.45) is 20.6. The Kier molecular flexibility index (Phi) is 21.1. The van der Waals surface area contributed by atoms with Gasteiger partial charge < -0.3 is 35.6 Å². The summed E-state index contributed by atoms with van der Waals surface area (Å²) in [7, 11) is 13.0. The van der Waals surface area contributed by atoms with Crippen molar-refractivity contribution in [2.75, 3.05) is 139 Å². The molecule has 23 heteroatoms. The predicted octanol–water partition coefficient (Wildman–Crippen LogP) is 10.9. The molecule has 5 saturated heterocycles. The van der Waals surface area contributed by atoms with E-state index in [0.717, 1.165) is 141 Å². The molecule has 9 heterocycles. The SMILES string of the molecule is CC(=O)N1CCN(c2cc(C)c(N3CC4(CCC(c5ccccc5)(N(C)C)CC4)NC3=O)cn2)CC1.CC(=O)N1CCN(c2ncc(N3CC4(CCC(c5ccccc5)(N(C)C)CC4)NC3=O)c(C)n2)CC1.Cc1cc(-c2ccncc2)ncc1N1CC2(CCC(c3ccccc3)(N(C)C)CC2)NC1=O. The van der Waals surface area contributed by atoms with E-state index in [0.29, 0.717) is 64.9 Å². The summed E-state index contributed by atoms with van der Waals surface area (Å²) in [4.78, 5) is 106. The van der Waals surface area contributed by atoms with Crippen LogP contribution in [-0.4, -0.2) is 210 Å². The number of hydrogen-bond donors (Lipinski definition) is 3. The summed E-state index contributed by atoms with van der Waals surface area (Å²) in [5, 5.41) is 10.0. The highest BCUT2D eigenvalue weighted by Gasteiger charge is 2.54. The van der Waals surface area contributed by atoms with Crippen LogP contribution in [0.5, 0.6) is 0 Å². The van der Waals surface area contributed by atoms with Crippen LogP contribution in [0.3, 0.4) is 0 Å². The van der Waals surface area contributed by atoms with Crippen LogP contribution in [0, 0.1) is 20.8 Å². The van der Waals surface area contributed by atoms with E-state index in [-0.39, 0.29) is 63.1 Å². The Balaban J connectivity index is 0.000000140. The van der Waals surface area contributed by atoms with Crippen molar-refractivity contribution >= 4 is 58.7 Å². The molecule has 0 atom stereocenters. The molecule has 15 rings (SSSR count). The monoisotopic (exact) mass is 1420 g/mol. The fourth-order valence-electron chi connectivity index (χ4n) is 18.1. The Morgan fingerprint density at radius 2 is 0.771 bits per heavy atom. The predicted molar refractivity (Wildman–Crippen MR) is 414 cm³/mol. The fourth-order valence-corrected chi connectivity index (χ4v) is 18.1. The number of hydrogen-bond acceptors (Lipinski definition) is 15. The minimum absolute atomic E-state index is 0.00378. The maximum absolute atomic E-state index is 13.2. The van der Waals surface area contributed by atoms with Crippen molar-refractivity contribution in [2.24, 2.45) is 0 Å². The third kappa shape index (κ3) is 14.8. The molecule has 5 aliphatic heterocycles. The largest absolute Gasteiger partial charge is 0.353 e. The third-order valence-electron chi connectivity index (χ3n) is 24.8. The molecule has 0 unspecified atom stereocenters. The molecule has 0 radical (unpaired) electrons. The molecule has 7 aromatic rings. The molecule has 3 saturated carbocycles. The molecule has 8 fully saturated rings. The van der Waals surface area contributed by atoms with Gasteiger partial charge in [-0.25, -0.2) is 29.3 Å². The van der Waals surface area contributed by atoms with E-state index in [4.69, 9.17) is 9.97 Å². The second-order valence-electron chi connectivity index (χ2n) is 31.3. The average Bonchev–Trinajstić information content (AvgIpc) is 1.71. The number of rotatable bonds is 12. The molecule has 105 heavy (non-hydrogen) atoms. The van der Waals surface area contributed by atoms with Crippen LogP contribution in [0.25, 0.3) is 11.3 Å². The normalized spacial score (nSPS) is 26.1. The van der Waals surface area contributed by atoms with Crippen LogP contribution in [0.2, 0.25) is 0 Å². The van der Waals surface area contributed by atoms with Crippen LogP contribution in [0.15, 0.2) is 146 Å². The van der Waals surface area contributed by atoms with E-state index >= 15 is 0 Å². The summed E-state index contributed by atoms with van der Waals surface area (Å²) in [6.45, 7) is 17.0. The van der Waals surface area contributed by atoms with Gasteiger partial charge in [0.25, 0.3) is 0 Å². The Hall–Kier alpha value is -9.58. The number of piperazine rings is 2. The topological polar surface area (TPSA) is 218 Å². The van der Waals surface area contributed by atoms with Crippen LogP contribution in [0.1, 0.15) is 124 Å². The lowest BCUT2D eigenvalue weighted by Crippen LogP contribution is -2.54. The highest BCUT2D eigenvalue weighted by atomic mass is 16.2. The highest BCUT2D eigenvalue weighted by molar-refractivity contribution is 5.97. The van der Waals surface area contributed by atoms with Crippen molar-refractivity contribution in [3.63, 3.8) is 0 Å². The van der Waals surface area contributed by atoms with Gasteiger partial charge in [-0.2, -0.15) is 0 Å². The van der Waals surface area contributed by atoms with Gasteiger partial charge in [-0.1, -0.05) is 91.0 Å². The summed E-state index contributed by atoms with van der Waals surface area (Å²) in [5.41, 5.74) is 10.7. The van der Waals surface area contributed by atoms with Gasteiger partial charge >= 0.3 is 18.1 Å². The number of benzene rings is 3. The first-order chi connectivity index (χ1) is 50.4. The molecule has 3 aliphatic carbocycles. The first-order valence-electron chi connectivity index (χ1n) is 37.5. The Morgan fingerprint density at radius 3 is 1.12 bits per heavy atom. The van der Waals surface area contributed by atoms with E-state index in [1.54, 1.807) is 32.4 Å². The van der Waals surface area contributed by atoms with Crippen molar-refractivity contribution in [3.8, 4) is 11.3 Å². The molecule has 0 bridgehead atoms. The average molecular weight is 1420 g/mol. The molecule has 3 aromatic carbocycles. The summed E-state index contributed by atoms with van der Waals surface area (Å²) in [6, 6.07) is 40.2. The first kappa shape index (κ1) is 73.7. The number of nitrogens with zero attached hydrogens (tertiary/aromatic N) is 15. The lowest BCUT2D eigenvalue weighted by atomic mass is 9.69. The summed E-state index contributed by atoms with van der Waals surface area (Å²) < 4.78 is 0. The van der Waals surface area contributed by atoms with Crippen LogP contribution < -0.4 is 40.4 Å². The zero-order chi connectivity index (χ0) is 74.1. The standard InChI is InChI=1S/C28H38N6O2.C27H37N7O2.C27H31N5O/c1-21-18-25(33-16-14-32(15-17-33)22(2)35)29-19-24(21)34-20-27(30-26(34)36)10-12-28(13-11-27,31(3)4)23-8-6-5-7-9-23;1-20-23(18-28-24(29-20)33-16-14-32(15-17-33)21(2)35)34-19-26(30-25(34)36)10-12-27(13-11-26,31(3)4)22-8-6-5-7-9-22;1-20-17-23(21-9-15-28-16-10-21)29-18-24(20)32-19-26(30-25(32)33)11-13-27(14-12-26,31(2)3)22-7-5-4-6-8-22/h5-9,18-19H,10-17,20H2,1-4H3,(H,30,36);5-9,18H,10-17,19H2,1-4H3,(H,30,36);4-10,15-18H,11-14,19H2,1-3H3,(H,30,33). The second kappa shape index (κ2) is 30.1. The number of amides is 8. The van der Waals surface area contributed by atoms with Gasteiger partial charge in [0.05, 0.1) is 83.3 Å². The van der Waals surface area contributed by atoms with E-state index in [1.165, 1.54) is 16.7 Å². The molecule has 3 N–H and O–H groups in total. The van der Waals surface area contributed by atoms with Crippen LogP contribution >= 0.6 is 0 Å². The number of carbonyl (C=O) groups excluding carboxylic acids is 5. The smallest absolute Gasteiger partial charge is 0.322 e. The van der Waals surface area contributed by atoms with Gasteiger partial charge in [0.15, 0.2) is 0 Å². The van der Waals surface area contributed by atoms with Crippen molar-refractivity contribution in [2.45, 2.75) is 145 Å². The van der Waals surface area contributed by atoms with Gasteiger partial charge in [0.2, 0.25) is 17.8 Å². The zero-order valence-corrected chi connectivity index (χ0v) is 63.4. The Bertz CT molecular complexity index is 4060. The molecule has 3 spiro atoms. The number of carbonyl (C=O) groups is 5. The van der Waals surface area contributed by atoms with Crippen molar-refractivity contribution in [3.05, 3.63) is 180 Å². The zero-order valence-electron chi connectivity index (χ0n) is 63.4. The minimum Gasteiger partial charge on any atom is -0.353 e.